The van der Waals surface area contributed by atoms with Crippen LogP contribution in [0.1, 0.15) is 37.5 Å². The Bertz CT molecular complexity index is 768. The summed E-state index contributed by atoms with van der Waals surface area (Å²) in [4.78, 5) is 0. The molecule has 120 valence electrons. The lowest BCUT2D eigenvalue weighted by Gasteiger charge is -2.51. The van der Waals surface area contributed by atoms with Gasteiger partial charge in [0.15, 0.2) is 5.50 Å². The quantitative estimate of drug-likeness (QED) is 0.613. The summed E-state index contributed by atoms with van der Waals surface area (Å²) in [6.07, 6.45) is 3.76. The van der Waals surface area contributed by atoms with E-state index in [4.69, 9.17) is 17.0 Å². The van der Waals surface area contributed by atoms with Gasteiger partial charge in [0.25, 0.3) is 0 Å². The molecule has 0 amide bonds. The first-order valence-corrected chi connectivity index (χ1v) is 8.31. The van der Waals surface area contributed by atoms with E-state index in [0.29, 0.717) is 0 Å². The number of nitrogens with zero attached hydrogens (tertiary/aromatic N) is 1. The molecule has 23 heavy (non-hydrogen) atoms. The highest BCUT2D eigenvalue weighted by atomic mass is 35.5. The molecule has 2 aliphatic heterocycles. The summed E-state index contributed by atoms with van der Waals surface area (Å²) < 4.78 is 0. The largest absolute Gasteiger partial charge is 0.485 e. The number of nitrogens with one attached hydrogen (secondary N) is 1. The van der Waals surface area contributed by atoms with Gasteiger partial charge < -0.3 is 10.4 Å². The van der Waals surface area contributed by atoms with Crippen molar-refractivity contribution in [2.75, 3.05) is 0 Å². The fourth-order valence-electron chi connectivity index (χ4n) is 3.59. The Hall–Kier alpha value is -1.77. The molecule has 3 rings (SSSR count). The van der Waals surface area contributed by atoms with Crippen LogP contribution in [0.3, 0.4) is 0 Å². The molecule has 0 radical (unpaired) electrons. The second kappa shape index (κ2) is 5.40. The molecule has 2 nitrogen and oxygen atoms in total. The van der Waals surface area contributed by atoms with Crippen molar-refractivity contribution in [3.05, 3.63) is 82.5 Å². The number of allylic oxidation sites excluding steroid dienone is 5. The number of quaternary nitrogens is 1. The predicted molar refractivity (Wildman–Crippen MR) is 98.2 cm³/mol. The van der Waals surface area contributed by atoms with E-state index in [0.717, 1.165) is 27.5 Å². The third-order valence-corrected chi connectivity index (χ3v) is 5.67. The molecule has 3 heteroatoms. The number of hydrogen-bond acceptors (Lipinski definition) is 0. The minimum absolute atomic E-state index is 0.177. The van der Waals surface area contributed by atoms with E-state index in [1.54, 1.807) is 0 Å². The molecule has 0 spiro atoms. The second-order valence-electron chi connectivity index (χ2n) is 6.83. The first-order chi connectivity index (χ1) is 10.8. The van der Waals surface area contributed by atoms with E-state index in [9.17, 15) is 0 Å². The monoisotopic (exact) mass is 326 g/mol. The lowest BCUT2D eigenvalue weighted by molar-refractivity contribution is -0.805. The van der Waals surface area contributed by atoms with Gasteiger partial charge in [-0.25, -0.2) is 0 Å². The molecule has 0 saturated heterocycles. The maximum atomic E-state index is 6.89. The number of hydrogen-bond donors (Lipinski definition) is 1. The zero-order valence-corrected chi connectivity index (χ0v) is 15.0. The fraction of sp³-hybridized carbons (Fsp3) is 0.300. The molecule has 0 saturated carbocycles. The lowest BCUT2D eigenvalue weighted by atomic mass is 9.75. The highest BCUT2D eigenvalue weighted by molar-refractivity contribution is 6.20. The zero-order valence-electron chi connectivity index (χ0n) is 14.2. The standard InChI is InChI=1S/C20H23ClN2/c1-7-14-13(4)22-23-18(15(14)8-2)16-10-9-12(3)11-17(16)20(5,6)19(23)21/h7-11,19,23H,1-2H2,3-6H3. The number of rotatable bonds is 2. The zero-order chi connectivity index (χ0) is 16.9. The predicted octanol–water partition coefficient (Wildman–Crippen LogP) is 4.40. The lowest BCUT2D eigenvalue weighted by Crippen LogP contribution is -3.12. The van der Waals surface area contributed by atoms with Crippen molar-refractivity contribution in [1.82, 2.24) is 0 Å². The SMILES string of the molecule is C=CC1=C(C)[N-][NH+]2C(=C1C=C)c1ccc(C)cc1C(C)(C)C2Cl. The highest BCUT2D eigenvalue weighted by Gasteiger charge is 2.46. The van der Waals surface area contributed by atoms with E-state index >= 15 is 0 Å². The van der Waals surface area contributed by atoms with Gasteiger partial charge in [0.2, 0.25) is 0 Å². The van der Waals surface area contributed by atoms with Gasteiger partial charge >= 0.3 is 0 Å². The van der Waals surface area contributed by atoms with E-state index in [2.05, 4.69) is 52.1 Å². The number of aryl methyl sites for hydroxylation is 1. The summed E-state index contributed by atoms with van der Waals surface area (Å²) in [5, 5.41) is 0.950. The summed E-state index contributed by atoms with van der Waals surface area (Å²) in [6.45, 7) is 16.5. The van der Waals surface area contributed by atoms with Gasteiger partial charge in [-0.1, -0.05) is 61.5 Å². The van der Waals surface area contributed by atoms with Crippen molar-refractivity contribution >= 4 is 17.3 Å². The van der Waals surface area contributed by atoms with Crippen LogP contribution < -0.4 is 5.01 Å². The van der Waals surface area contributed by atoms with Gasteiger partial charge in [-0.05, 0) is 38.0 Å². The third kappa shape index (κ3) is 2.20. The Labute approximate surface area is 143 Å². The van der Waals surface area contributed by atoms with Crippen LogP contribution in [0.25, 0.3) is 11.1 Å². The molecule has 2 heterocycles. The maximum absolute atomic E-state index is 6.89. The van der Waals surface area contributed by atoms with Gasteiger partial charge in [-0.3, -0.25) is 0 Å². The van der Waals surface area contributed by atoms with Crippen LogP contribution in [0.4, 0.5) is 0 Å². The average molecular weight is 327 g/mol. The molecule has 1 aromatic rings. The number of benzene rings is 1. The third-order valence-electron chi connectivity index (χ3n) is 4.91. The molecule has 2 unspecified atom stereocenters. The summed E-state index contributed by atoms with van der Waals surface area (Å²) in [5.41, 5.74) is 12.4. The molecule has 0 bridgehead atoms. The van der Waals surface area contributed by atoms with Crippen LogP contribution in [0.15, 0.2) is 60.4 Å². The van der Waals surface area contributed by atoms with Crippen molar-refractivity contribution < 1.29 is 5.01 Å². The molecule has 1 aromatic carbocycles. The van der Waals surface area contributed by atoms with Crippen LogP contribution in [-0.2, 0) is 5.41 Å². The molecule has 2 atom stereocenters. The molecular formula is C20H23ClN2. The van der Waals surface area contributed by atoms with Gasteiger partial charge in [-0.15, -0.1) is 5.70 Å². The minimum Gasteiger partial charge on any atom is -0.485 e. The van der Waals surface area contributed by atoms with Crippen LogP contribution in [0.5, 0.6) is 0 Å². The summed E-state index contributed by atoms with van der Waals surface area (Å²) in [6, 6.07) is 6.58. The Balaban J connectivity index is 2.40. The van der Waals surface area contributed by atoms with Crippen LogP contribution in [0, 0.1) is 6.92 Å². The molecule has 0 fully saturated rings. The van der Waals surface area contributed by atoms with Crippen molar-refractivity contribution in [3.8, 4) is 0 Å². The highest BCUT2D eigenvalue weighted by Crippen LogP contribution is 2.41. The normalized spacial score (nSPS) is 25.4. The van der Waals surface area contributed by atoms with Crippen molar-refractivity contribution in [2.45, 2.75) is 38.6 Å². The van der Waals surface area contributed by atoms with Crippen LogP contribution in [0.2, 0.25) is 0 Å². The van der Waals surface area contributed by atoms with Crippen molar-refractivity contribution in [1.29, 1.82) is 0 Å². The number of fused-ring (bicyclic) bond motifs is 3. The van der Waals surface area contributed by atoms with E-state index in [1.165, 1.54) is 16.7 Å². The van der Waals surface area contributed by atoms with E-state index < -0.39 is 0 Å². The minimum atomic E-state index is -0.178. The Morgan fingerprint density at radius 1 is 1.17 bits per heavy atom. The van der Waals surface area contributed by atoms with Gasteiger partial charge in [0, 0.05) is 11.1 Å². The number of halogens is 1. The Kier molecular flexibility index (Phi) is 3.78. The van der Waals surface area contributed by atoms with Gasteiger partial charge in [0.05, 0.1) is 5.41 Å². The average Bonchev–Trinajstić information content (AvgIpc) is 2.52. The molecule has 1 N–H and O–H groups in total. The van der Waals surface area contributed by atoms with Crippen LogP contribution in [-0.4, -0.2) is 5.50 Å². The maximum Gasteiger partial charge on any atom is 0.172 e. The first kappa shape index (κ1) is 16.1. The fourth-order valence-corrected chi connectivity index (χ4v) is 3.86. The van der Waals surface area contributed by atoms with Crippen molar-refractivity contribution in [3.63, 3.8) is 0 Å². The second-order valence-corrected chi connectivity index (χ2v) is 7.26. The van der Waals surface area contributed by atoms with Crippen molar-refractivity contribution in [2.24, 2.45) is 0 Å². The summed E-state index contributed by atoms with van der Waals surface area (Å²) in [7, 11) is 0. The topological polar surface area (TPSA) is 18.5 Å². The summed E-state index contributed by atoms with van der Waals surface area (Å²) in [5.74, 6) is 0. The summed E-state index contributed by atoms with van der Waals surface area (Å²) >= 11 is 6.89. The molecule has 2 aliphatic rings. The molecule has 0 aliphatic carbocycles. The van der Waals surface area contributed by atoms with Crippen LogP contribution >= 0.6 is 11.6 Å². The van der Waals surface area contributed by atoms with Gasteiger partial charge in [-0.2, -0.15) is 0 Å². The smallest absolute Gasteiger partial charge is 0.172 e. The Morgan fingerprint density at radius 2 is 1.83 bits per heavy atom. The first-order valence-electron chi connectivity index (χ1n) is 7.87. The van der Waals surface area contributed by atoms with E-state index in [1.807, 2.05) is 19.1 Å². The molecule has 0 aromatic heterocycles. The Morgan fingerprint density at radius 3 is 2.43 bits per heavy atom. The molecular weight excluding hydrogens is 304 g/mol. The van der Waals surface area contributed by atoms with E-state index in [-0.39, 0.29) is 10.9 Å². The number of alkyl halides is 1. The van der Waals surface area contributed by atoms with Gasteiger partial charge in [0.1, 0.15) is 5.70 Å².